The van der Waals surface area contributed by atoms with Crippen LogP contribution in [0.3, 0.4) is 0 Å². The summed E-state index contributed by atoms with van der Waals surface area (Å²) >= 11 is 2.93. The third-order valence-electron chi connectivity index (χ3n) is 8.32. The maximum Gasteiger partial charge on any atom is 0.256 e. The Hall–Kier alpha value is -3.08. The first-order valence-corrected chi connectivity index (χ1v) is 15.2. The Bertz CT molecular complexity index is 1460. The predicted octanol–water partition coefficient (Wildman–Crippen LogP) is 2.44. The highest BCUT2D eigenvalue weighted by atomic mass is 32.1. The summed E-state index contributed by atoms with van der Waals surface area (Å²) in [5.41, 5.74) is 1.64. The van der Waals surface area contributed by atoms with Crippen LogP contribution < -0.4 is 9.89 Å². The first-order valence-electron chi connectivity index (χ1n) is 13.5. The van der Waals surface area contributed by atoms with Crippen LogP contribution in [-0.4, -0.2) is 81.0 Å². The molecule has 2 atom stereocenters. The molecular weight excluding hydrogens is 530 g/mol. The summed E-state index contributed by atoms with van der Waals surface area (Å²) < 4.78 is 5.32. The van der Waals surface area contributed by atoms with E-state index in [9.17, 15) is 14.7 Å². The van der Waals surface area contributed by atoms with E-state index >= 15 is 0 Å². The van der Waals surface area contributed by atoms with E-state index in [1.54, 1.807) is 11.3 Å². The van der Waals surface area contributed by atoms with Crippen LogP contribution in [0.15, 0.2) is 52.2 Å². The minimum atomic E-state index is -0.850. The zero-order chi connectivity index (χ0) is 27.0. The third-order valence-corrected chi connectivity index (χ3v) is 9.90. The van der Waals surface area contributed by atoms with Crippen molar-refractivity contribution in [2.75, 3.05) is 39.4 Å². The number of β-amino-alcohol motifs (C(OH)–C–C–N with tert-alkyl or cyclic N) is 1. The number of rotatable bonds is 5. The number of likely N-dealkylation sites (tertiary alicyclic amines) is 2. The number of amides is 2. The summed E-state index contributed by atoms with van der Waals surface area (Å²) in [6.45, 7) is 5.04. The lowest BCUT2D eigenvalue weighted by Gasteiger charge is -2.44. The number of benzene rings is 1. The second-order valence-electron chi connectivity index (χ2n) is 10.9. The Labute approximate surface area is 236 Å². The molecule has 0 spiro atoms. The van der Waals surface area contributed by atoms with E-state index < -0.39 is 5.60 Å². The number of aryl methyl sites for hydroxylation is 1. The molecule has 0 bridgehead atoms. The highest BCUT2D eigenvalue weighted by molar-refractivity contribution is 7.07. The van der Waals surface area contributed by atoms with Crippen molar-refractivity contribution in [1.82, 2.24) is 19.1 Å². The summed E-state index contributed by atoms with van der Waals surface area (Å²) in [6, 6.07) is 12.1. The second kappa shape index (κ2) is 10.8. The van der Waals surface area contributed by atoms with Gasteiger partial charge in [0.05, 0.1) is 16.9 Å². The van der Waals surface area contributed by atoms with Gasteiger partial charge < -0.3 is 19.8 Å². The number of piperidine rings is 2. The largest absolute Gasteiger partial charge is 0.388 e. The molecule has 2 aromatic heterocycles. The number of carbonyl (C=O) groups is 2. The number of carbonyl (C=O) groups excluding carboxylic acids is 2. The molecule has 2 fully saturated rings. The van der Waals surface area contributed by atoms with Gasteiger partial charge in [-0.05, 0) is 54.7 Å². The summed E-state index contributed by atoms with van der Waals surface area (Å²) in [5.74, 6) is -0.148. The smallest absolute Gasteiger partial charge is 0.256 e. The van der Waals surface area contributed by atoms with Crippen LogP contribution in [0.1, 0.15) is 46.8 Å². The number of nitrogens with zero attached hydrogens (tertiary/aromatic N) is 5. The molecule has 204 valence electrons. The lowest BCUT2D eigenvalue weighted by atomic mass is 9.79. The second-order valence-corrected chi connectivity index (χ2v) is 12.4. The minimum absolute atomic E-state index is 0.00746. The Balaban J connectivity index is 1.13. The highest BCUT2D eigenvalue weighted by Gasteiger charge is 2.42. The van der Waals surface area contributed by atoms with Gasteiger partial charge in [-0.3, -0.25) is 14.6 Å². The predicted molar refractivity (Wildman–Crippen MR) is 152 cm³/mol. The number of hydrogen-bond donors (Lipinski definition) is 1. The first kappa shape index (κ1) is 26.2. The molecule has 10 heteroatoms. The SMILES string of the molecule is Cc1nscc1C(=O)N1CC[C@@H](C(=O)N2CCC(O)(CN3C=c4ccsc4=NC3)CC2)[C@H](c2ccccc2)C1. The molecule has 0 unspecified atom stereocenters. The third kappa shape index (κ3) is 5.37. The van der Waals surface area contributed by atoms with E-state index in [1.807, 2.05) is 45.7 Å². The van der Waals surface area contributed by atoms with E-state index in [0.717, 1.165) is 21.1 Å². The van der Waals surface area contributed by atoms with Gasteiger partial charge in [-0.2, -0.15) is 4.37 Å². The van der Waals surface area contributed by atoms with E-state index in [4.69, 9.17) is 0 Å². The van der Waals surface area contributed by atoms with Crippen molar-refractivity contribution < 1.29 is 14.7 Å². The number of aromatic nitrogens is 1. The number of thiophene rings is 1. The van der Waals surface area contributed by atoms with Crippen LogP contribution in [0.25, 0.3) is 6.20 Å². The normalized spacial score (nSPS) is 22.6. The van der Waals surface area contributed by atoms with Gasteiger partial charge in [0.15, 0.2) is 0 Å². The van der Waals surface area contributed by atoms with E-state index in [1.165, 1.54) is 11.5 Å². The molecule has 8 nitrogen and oxygen atoms in total. The van der Waals surface area contributed by atoms with Crippen molar-refractivity contribution in [2.45, 2.75) is 37.7 Å². The van der Waals surface area contributed by atoms with Gasteiger partial charge in [-0.1, -0.05) is 30.3 Å². The molecule has 2 saturated heterocycles. The van der Waals surface area contributed by atoms with Crippen molar-refractivity contribution >= 4 is 40.9 Å². The van der Waals surface area contributed by atoms with Gasteiger partial charge in [-0.15, -0.1) is 11.3 Å². The van der Waals surface area contributed by atoms with Crippen LogP contribution in [-0.2, 0) is 4.79 Å². The maximum atomic E-state index is 13.9. The standard InChI is InChI=1S/C29H33N5O3S2/c1-20-25(17-39-31-20)28(36)34-11-7-23(24(16-34)21-5-3-2-4-6-21)27(35)33-12-9-29(37,10-13-33)18-32-15-22-8-14-38-26(22)30-19-32/h2-6,8,14-15,17,23-24,37H,7,9-13,16,18-19H2,1H3/t23-,24+/m1/s1. The molecule has 2 amide bonds. The number of hydrogen-bond acceptors (Lipinski definition) is 8. The van der Waals surface area contributed by atoms with Crippen LogP contribution >= 0.6 is 22.9 Å². The number of fused-ring (bicyclic) bond motifs is 1. The fourth-order valence-electron chi connectivity index (χ4n) is 6.08. The molecule has 6 rings (SSSR count). The van der Waals surface area contributed by atoms with Gasteiger partial charge in [0, 0.05) is 61.4 Å². The fourth-order valence-corrected chi connectivity index (χ4v) is 7.50. The fraction of sp³-hybridized carbons (Fsp3) is 0.448. The Kier molecular flexibility index (Phi) is 7.26. The summed E-state index contributed by atoms with van der Waals surface area (Å²) in [7, 11) is 0. The molecule has 1 aromatic carbocycles. The van der Waals surface area contributed by atoms with Crippen molar-refractivity contribution in [2.24, 2.45) is 10.9 Å². The average molecular weight is 564 g/mol. The zero-order valence-electron chi connectivity index (χ0n) is 22.0. The molecule has 3 aliphatic rings. The monoisotopic (exact) mass is 563 g/mol. The molecule has 0 saturated carbocycles. The van der Waals surface area contributed by atoms with Crippen molar-refractivity contribution in [1.29, 1.82) is 0 Å². The molecule has 0 radical (unpaired) electrons. The van der Waals surface area contributed by atoms with Gasteiger partial charge in [0.2, 0.25) is 5.91 Å². The molecule has 0 aliphatic carbocycles. The van der Waals surface area contributed by atoms with Gasteiger partial charge in [-0.25, -0.2) is 0 Å². The quantitative estimate of drug-likeness (QED) is 0.515. The molecule has 39 heavy (non-hydrogen) atoms. The number of aliphatic hydroxyl groups is 1. The summed E-state index contributed by atoms with van der Waals surface area (Å²) in [6.07, 6.45) is 3.78. The Morgan fingerprint density at radius 3 is 2.64 bits per heavy atom. The summed E-state index contributed by atoms with van der Waals surface area (Å²) in [5, 5.41) is 16.3. The van der Waals surface area contributed by atoms with Crippen molar-refractivity contribution in [3.8, 4) is 0 Å². The van der Waals surface area contributed by atoms with Crippen LogP contribution in [0.5, 0.6) is 0 Å². The maximum absolute atomic E-state index is 13.9. The van der Waals surface area contributed by atoms with Crippen LogP contribution in [0.2, 0.25) is 0 Å². The Morgan fingerprint density at radius 2 is 1.90 bits per heavy atom. The zero-order valence-corrected chi connectivity index (χ0v) is 23.7. The highest BCUT2D eigenvalue weighted by Crippen LogP contribution is 2.36. The lowest BCUT2D eigenvalue weighted by Crippen LogP contribution is -2.54. The molecule has 3 aromatic rings. The van der Waals surface area contributed by atoms with Crippen LogP contribution in [0.4, 0.5) is 0 Å². The van der Waals surface area contributed by atoms with Crippen molar-refractivity contribution in [3.05, 3.63) is 73.9 Å². The molecule has 1 N–H and O–H groups in total. The Morgan fingerprint density at radius 1 is 1.10 bits per heavy atom. The lowest BCUT2D eigenvalue weighted by molar-refractivity contribution is -0.142. The average Bonchev–Trinajstić information content (AvgIpc) is 3.61. The summed E-state index contributed by atoms with van der Waals surface area (Å²) in [4.78, 5) is 37.7. The minimum Gasteiger partial charge on any atom is -0.388 e. The van der Waals surface area contributed by atoms with E-state index in [-0.39, 0.29) is 23.7 Å². The van der Waals surface area contributed by atoms with E-state index in [2.05, 4.69) is 38.7 Å². The topological polar surface area (TPSA) is 89.3 Å². The van der Waals surface area contributed by atoms with Crippen LogP contribution in [0, 0.1) is 12.8 Å². The first-order chi connectivity index (χ1) is 18.9. The van der Waals surface area contributed by atoms with E-state index in [0.29, 0.717) is 64.2 Å². The molecule has 3 aliphatic heterocycles. The van der Waals surface area contributed by atoms with Gasteiger partial charge in [0.25, 0.3) is 5.91 Å². The van der Waals surface area contributed by atoms with Gasteiger partial charge in [0.1, 0.15) is 11.3 Å². The molecule has 5 heterocycles. The van der Waals surface area contributed by atoms with Gasteiger partial charge >= 0.3 is 0 Å². The van der Waals surface area contributed by atoms with Crippen molar-refractivity contribution in [3.63, 3.8) is 0 Å². The molecular formula is C29H33N5O3S2.